The minimum atomic E-state index is -4.91. The number of carbonyl (C=O) groups is 1. The zero-order valence-corrected chi connectivity index (χ0v) is 23.8. The van der Waals surface area contributed by atoms with Crippen LogP contribution in [0.2, 0.25) is 0 Å². The first kappa shape index (κ1) is 32.5. The van der Waals surface area contributed by atoms with Crippen LogP contribution < -0.4 is 5.32 Å². The third-order valence-corrected chi connectivity index (χ3v) is 7.54. The molecule has 1 fully saturated rings. The number of benzene rings is 3. The van der Waals surface area contributed by atoms with E-state index in [1.54, 1.807) is 0 Å². The van der Waals surface area contributed by atoms with E-state index in [0.717, 1.165) is 37.2 Å². The third kappa shape index (κ3) is 9.54. The van der Waals surface area contributed by atoms with Gasteiger partial charge in [-0.15, -0.1) is 0 Å². The van der Waals surface area contributed by atoms with Crippen LogP contribution in [0.15, 0.2) is 78.9 Å². The molecular formula is C32H35F6N3O2. The molecule has 4 rings (SSSR count). The predicted octanol–water partition coefficient (Wildman–Crippen LogP) is 6.87. The van der Waals surface area contributed by atoms with E-state index in [4.69, 9.17) is 4.74 Å². The van der Waals surface area contributed by atoms with Gasteiger partial charge in [-0.2, -0.15) is 26.3 Å². The maximum absolute atomic E-state index is 13.3. The topological polar surface area (TPSA) is 44.8 Å². The van der Waals surface area contributed by atoms with Gasteiger partial charge < -0.3 is 15.0 Å². The molecular weight excluding hydrogens is 572 g/mol. The van der Waals surface area contributed by atoms with E-state index in [-0.39, 0.29) is 42.8 Å². The van der Waals surface area contributed by atoms with Crippen molar-refractivity contribution < 1.29 is 35.9 Å². The third-order valence-electron chi connectivity index (χ3n) is 7.54. The Bertz CT molecular complexity index is 1280. The molecule has 3 aromatic rings. The highest BCUT2D eigenvalue weighted by Crippen LogP contribution is 2.36. The van der Waals surface area contributed by atoms with Gasteiger partial charge in [-0.05, 0) is 41.3 Å². The van der Waals surface area contributed by atoms with E-state index >= 15 is 0 Å². The van der Waals surface area contributed by atoms with Crippen LogP contribution in [0.25, 0.3) is 0 Å². The Kier molecular flexibility index (Phi) is 10.9. The number of amides is 1. The summed E-state index contributed by atoms with van der Waals surface area (Å²) in [5, 5.41) is 3.03. The average molecular weight is 608 g/mol. The molecule has 2 atom stereocenters. The second-order valence-corrected chi connectivity index (χ2v) is 10.7. The summed E-state index contributed by atoms with van der Waals surface area (Å²) < 4.78 is 85.5. The molecule has 1 saturated heterocycles. The molecule has 0 saturated carbocycles. The van der Waals surface area contributed by atoms with Crippen LogP contribution in [0.5, 0.6) is 0 Å². The second kappa shape index (κ2) is 14.4. The van der Waals surface area contributed by atoms with E-state index in [1.807, 2.05) is 60.7 Å². The van der Waals surface area contributed by atoms with Crippen molar-refractivity contribution in [1.29, 1.82) is 0 Å². The molecule has 0 bridgehead atoms. The van der Waals surface area contributed by atoms with Crippen LogP contribution in [-0.4, -0.2) is 55.0 Å². The molecule has 5 nitrogen and oxygen atoms in total. The van der Waals surface area contributed by atoms with Crippen LogP contribution in [0.3, 0.4) is 0 Å². The van der Waals surface area contributed by atoms with Gasteiger partial charge in [-0.3, -0.25) is 9.69 Å². The normalized spacial score (nSPS) is 16.5. The van der Waals surface area contributed by atoms with Crippen molar-refractivity contribution in [2.24, 2.45) is 0 Å². The van der Waals surface area contributed by atoms with Crippen LogP contribution in [0.1, 0.15) is 53.2 Å². The molecule has 0 radical (unpaired) electrons. The molecule has 0 spiro atoms. The summed E-state index contributed by atoms with van der Waals surface area (Å²) in [4.78, 5) is 16.3. The summed E-state index contributed by atoms with van der Waals surface area (Å²) in [5.74, 6) is -0.0934. The minimum Gasteiger partial charge on any atom is -0.375 e. The van der Waals surface area contributed by atoms with Crippen molar-refractivity contribution in [3.63, 3.8) is 0 Å². The monoisotopic (exact) mass is 607 g/mol. The van der Waals surface area contributed by atoms with E-state index in [0.29, 0.717) is 25.2 Å². The zero-order chi connectivity index (χ0) is 31.0. The Hall–Kier alpha value is -3.41. The Morgan fingerprint density at radius 1 is 0.814 bits per heavy atom. The first-order valence-corrected chi connectivity index (χ1v) is 14.1. The van der Waals surface area contributed by atoms with Gasteiger partial charge in [0.15, 0.2) is 0 Å². The molecule has 3 aromatic carbocycles. The van der Waals surface area contributed by atoms with Crippen molar-refractivity contribution in [2.75, 3.05) is 39.3 Å². The highest BCUT2D eigenvalue weighted by atomic mass is 19.4. The largest absolute Gasteiger partial charge is 0.416 e. The molecule has 1 heterocycles. The fourth-order valence-corrected chi connectivity index (χ4v) is 5.34. The number of nitrogens with one attached hydrogen (secondary N) is 1. The Balaban J connectivity index is 1.38. The SMILES string of the molecule is CC(=O)NC(CCN1CCN(C(COCc2cc(C(F)(F)F)cc(C(F)(F)F)c2)c2ccccc2)CC1)c1ccccc1. The number of ether oxygens (including phenoxy) is 1. The number of alkyl halides is 6. The van der Waals surface area contributed by atoms with E-state index in [1.165, 1.54) is 6.92 Å². The Labute approximate surface area is 247 Å². The average Bonchev–Trinajstić information content (AvgIpc) is 2.97. The fraction of sp³-hybridized carbons (Fsp3) is 0.406. The molecule has 2 unspecified atom stereocenters. The smallest absolute Gasteiger partial charge is 0.375 e. The highest BCUT2D eigenvalue weighted by Gasteiger charge is 2.37. The molecule has 1 aliphatic heterocycles. The Morgan fingerprint density at radius 2 is 1.35 bits per heavy atom. The number of hydrogen-bond donors (Lipinski definition) is 1. The van der Waals surface area contributed by atoms with Gasteiger partial charge >= 0.3 is 12.4 Å². The lowest BCUT2D eigenvalue weighted by Gasteiger charge is -2.39. The van der Waals surface area contributed by atoms with Crippen molar-refractivity contribution in [3.05, 3.63) is 107 Å². The van der Waals surface area contributed by atoms with Crippen molar-refractivity contribution in [3.8, 4) is 0 Å². The van der Waals surface area contributed by atoms with Gasteiger partial charge in [0, 0.05) is 39.6 Å². The van der Waals surface area contributed by atoms with Gasteiger partial charge in [0.1, 0.15) is 0 Å². The van der Waals surface area contributed by atoms with E-state index in [2.05, 4.69) is 15.1 Å². The summed E-state index contributed by atoms with van der Waals surface area (Å²) in [6.45, 7) is 4.89. The lowest BCUT2D eigenvalue weighted by atomic mass is 10.0. The molecule has 0 aromatic heterocycles. The Morgan fingerprint density at radius 3 is 1.86 bits per heavy atom. The number of halogens is 6. The quantitative estimate of drug-likeness (QED) is 0.242. The van der Waals surface area contributed by atoms with E-state index in [9.17, 15) is 31.1 Å². The maximum Gasteiger partial charge on any atom is 0.416 e. The summed E-state index contributed by atoms with van der Waals surface area (Å²) >= 11 is 0. The van der Waals surface area contributed by atoms with Crippen molar-refractivity contribution >= 4 is 5.91 Å². The molecule has 1 amide bonds. The lowest BCUT2D eigenvalue weighted by Crippen LogP contribution is -2.49. The zero-order valence-electron chi connectivity index (χ0n) is 23.8. The van der Waals surface area contributed by atoms with Gasteiger partial charge in [0.25, 0.3) is 0 Å². The first-order valence-electron chi connectivity index (χ1n) is 14.1. The van der Waals surface area contributed by atoms with Gasteiger partial charge in [-0.1, -0.05) is 60.7 Å². The summed E-state index contributed by atoms with van der Waals surface area (Å²) in [7, 11) is 0. The first-order chi connectivity index (χ1) is 20.4. The fourth-order valence-electron chi connectivity index (χ4n) is 5.34. The maximum atomic E-state index is 13.3. The number of nitrogens with zero attached hydrogens (tertiary/aromatic N) is 2. The molecule has 11 heteroatoms. The van der Waals surface area contributed by atoms with Gasteiger partial charge in [0.2, 0.25) is 5.91 Å². The number of carbonyl (C=O) groups excluding carboxylic acids is 1. The van der Waals surface area contributed by atoms with Crippen LogP contribution >= 0.6 is 0 Å². The molecule has 232 valence electrons. The summed E-state index contributed by atoms with van der Waals surface area (Å²) in [5.41, 5.74) is -0.910. The van der Waals surface area contributed by atoms with Crippen LogP contribution in [-0.2, 0) is 28.5 Å². The van der Waals surface area contributed by atoms with Crippen molar-refractivity contribution in [1.82, 2.24) is 15.1 Å². The van der Waals surface area contributed by atoms with Crippen LogP contribution in [0, 0.1) is 0 Å². The highest BCUT2D eigenvalue weighted by molar-refractivity contribution is 5.73. The summed E-state index contributed by atoms with van der Waals surface area (Å²) in [6, 6.07) is 20.5. The minimum absolute atomic E-state index is 0.0934. The molecule has 1 N–H and O–H groups in total. The van der Waals surface area contributed by atoms with Crippen LogP contribution in [0.4, 0.5) is 26.3 Å². The van der Waals surface area contributed by atoms with Gasteiger partial charge in [-0.25, -0.2) is 0 Å². The molecule has 43 heavy (non-hydrogen) atoms. The summed E-state index contributed by atoms with van der Waals surface area (Å²) in [6.07, 6.45) is -9.08. The standard InChI is InChI=1S/C32H35F6N3O2/c1-23(42)39-29(25-8-4-2-5-9-25)12-13-40-14-16-41(17-15-40)30(26-10-6-3-7-11-26)22-43-21-24-18-27(31(33,34)35)20-28(19-24)32(36,37)38/h2-11,18-20,29-30H,12-17,21-22H2,1H3,(H,39,42). The lowest BCUT2D eigenvalue weighted by molar-refractivity contribution is -0.143. The van der Waals surface area contributed by atoms with Gasteiger partial charge in [0.05, 0.1) is 36.4 Å². The molecule has 1 aliphatic rings. The molecule has 0 aliphatic carbocycles. The predicted molar refractivity (Wildman–Crippen MR) is 151 cm³/mol. The van der Waals surface area contributed by atoms with E-state index < -0.39 is 23.5 Å². The number of hydrogen-bond acceptors (Lipinski definition) is 4. The number of rotatable bonds is 11. The number of piperazine rings is 1. The van der Waals surface area contributed by atoms with Crippen molar-refractivity contribution in [2.45, 2.75) is 44.4 Å². The second-order valence-electron chi connectivity index (χ2n) is 10.7.